The summed E-state index contributed by atoms with van der Waals surface area (Å²) in [6, 6.07) is 1.72. The minimum Gasteiger partial charge on any atom is -0.416 e. The van der Waals surface area contributed by atoms with Gasteiger partial charge in [0.25, 0.3) is 0 Å². The Hall–Kier alpha value is 0.588. The van der Waals surface area contributed by atoms with Gasteiger partial charge in [0.15, 0.2) is 0 Å². The van der Waals surface area contributed by atoms with E-state index < -0.39 is 34.7 Å². The first-order chi connectivity index (χ1) is 18.5. The Balaban J connectivity index is 2.13. The standard InChI is InChI=1S/C28H62O7Si4/c1-9-29-38(30-10-2,25-23-27-19-15-13-16-20-27)34-36(5,6)33-37(7,8)35-39(31-11-3,32-12-4)26-24-28-21-17-14-18-22-28/h27-28H,9-26H2,1-8H3. The van der Waals surface area contributed by atoms with Crippen LogP contribution in [0.15, 0.2) is 0 Å². The molecule has 0 aromatic heterocycles. The molecule has 2 aliphatic rings. The lowest BCUT2D eigenvalue weighted by Gasteiger charge is -2.42. The second kappa shape index (κ2) is 17.6. The molecule has 2 aliphatic carbocycles. The fourth-order valence-electron chi connectivity index (χ4n) is 6.57. The van der Waals surface area contributed by atoms with Crippen molar-refractivity contribution in [2.24, 2.45) is 11.8 Å². The molecular weight excluding hydrogens is 561 g/mol. The summed E-state index contributed by atoms with van der Waals surface area (Å²) in [7, 11) is -11.1. The SMILES string of the molecule is CCO[Si](CCC1CCCCC1)(OCC)O[Si](C)(C)O[Si](C)(C)O[Si](CCC1CCCCC1)(OCC)OCC. The maximum Gasteiger partial charge on any atom is 0.492 e. The molecule has 0 bridgehead atoms. The van der Waals surface area contributed by atoms with Crippen LogP contribution in [-0.2, 0) is 30.0 Å². The first-order valence-electron chi connectivity index (χ1n) is 16.2. The van der Waals surface area contributed by atoms with E-state index in [-0.39, 0.29) is 0 Å². The Bertz CT molecular complexity index is 590. The van der Waals surface area contributed by atoms with Gasteiger partial charge >= 0.3 is 34.7 Å². The highest BCUT2D eigenvalue weighted by Gasteiger charge is 2.52. The highest BCUT2D eigenvalue weighted by atomic mass is 28.5. The van der Waals surface area contributed by atoms with E-state index in [1.54, 1.807) is 0 Å². The molecule has 0 N–H and O–H groups in total. The number of rotatable bonds is 20. The predicted molar refractivity (Wildman–Crippen MR) is 168 cm³/mol. The largest absolute Gasteiger partial charge is 0.492 e. The average molecular weight is 623 g/mol. The van der Waals surface area contributed by atoms with Crippen LogP contribution in [0.2, 0.25) is 38.3 Å². The maximum absolute atomic E-state index is 6.92. The first-order valence-corrected chi connectivity index (χ1v) is 25.7. The molecule has 0 aromatic rings. The third-order valence-corrected chi connectivity index (χ3v) is 23.0. The van der Waals surface area contributed by atoms with Crippen molar-refractivity contribution in [2.45, 2.75) is 143 Å². The van der Waals surface area contributed by atoms with E-state index in [1.807, 2.05) is 27.7 Å². The molecule has 7 nitrogen and oxygen atoms in total. The lowest BCUT2D eigenvalue weighted by molar-refractivity contribution is 0.0916. The summed E-state index contributed by atoms with van der Waals surface area (Å²) < 4.78 is 46.2. The Kier molecular flexibility index (Phi) is 16.2. The molecule has 0 heterocycles. The smallest absolute Gasteiger partial charge is 0.416 e. The van der Waals surface area contributed by atoms with Crippen LogP contribution >= 0.6 is 0 Å². The van der Waals surface area contributed by atoms with Gasteiger partial charge in [0.05, 0.1) is 0 Å². The molecule has 0 radical (unpaired) electrons. The van der Waals surface area contributed by atoms with Gasteiger partial charge in [-0.05, 0) is 78.6 Å². The highest BCUT2D eigenvalue weighted by molar-refractivity contribution is 6.86. The normalized spacial score (nSPS) is 19.1. The second-order valence-corrected chi connectivity index (χ2v) is 25.2. The van der Waals surface area contributed by atoms with E-state index in [0.717, 1.165) is 36.8 Å². The quantitative estimate of drug-likeness (QED) is 0.126. The molecule has 39 heavy (non-hydrogen) atoms. The summed E-state index contributed by atoms with van der Waals surface area (Å²) >= 11 is 0. The first kappa shape index (κ1) is 35.8. The van der Waals surface area contributed by atoms with Crippen molar-refractivity contribution < 1.29 is 30.0 Å². The summed E-state index contributed by atoms with van der Waals surface area (Å²) in [5.41, 5.74) is 0. The van der Waals surface area contributed by atoms with Crippen molar-refractivity contribution >= 4 is 34.7 Å². The van der Waals surface area contributed by atoms with E-state index in [9.17, 15) is 0 Å². The van der Waals surface area contributed by atoms with Crippen LogP contribution in [0.1, 0.15) is 105 Å². The molecule has 0 spiro atoms. The minimum atomic E-state index is -2.89. The van der Waals surface area contributed by atoms with Gasteiger partial charge in [0, 0.05) is 38.5 Å². The van der Waals surface area contributed by atoms with Crippen LogP contribution in [0.25, 0.3) is 0 Å². The van der Waals surface area contributed by atoms with E-state index in [4.69, 9.17) is 30.0 Å². The van der Waals surface area contributed by atoms with Crippen LogP contribution in [0, 0.1) is 11.8 Å². The zero-order valence-electron chi connectivity index (χ0n) is 26.7. The predicted octanol–water partition coefficient (Wildman–Crippen LogP) is 8.40. The summed E-state index contributed by atoms with van der Waals surface area (Å²) in [6.45, 7) is 19.0. The molecule has 2 rings (SSSR count). The molecule has 0 saturated heterocycles. The zero-order valence-corrected chi connectivity index (χ0v) is 30.7. The van der Waals surface area contributed by atoms with Gasteiger partial charge in [-0.2, -0.15) is 0 Å². The fourth-order valence-corrected chi connectivity index (χ4v) is 24.2. The lowest BCUT2D eigenvalue weighted by atomic mass is 9.88. The van der Waals surface area contributed by atoms with Crippen molar-refractivity contribution in [3.05, 3.63) is 0 Å². The summed E-state index contributed by atoms with van der Waals surface area (Å²) in [5.74, 6) is 1.51. The van der Waals surface area contributed by atoms with Crippen molar-refractivity contribution in [2.75, 3.05) is 26.4 Å². The molecule has 0 unspecified atom stereocenters. The van der Waals surface area contributed by atoms with E-state index in [2.05, 4.69) is 26.2 Å². The topological polar surface area (TPSA) is 64.6 Å². The van der Waals surface area contributed by atoms with Crippen LogP contribution < -0.4 is 0 Å². The Morgan fingerprint density at radius 1 is 0.462 bits per heavy atom. The van der Waals surface area contributed by atoms with Gasteiger partial charge in [-0.1, -0.05) is 64.2 Å². The van der Waals surface area contributed by atoms with Gasteiger partial charge in [-0.3, -0.25) is 0 Å². The van der Waals surface area contributed by atoms with E-state index in [0.29, 0.717) is 26.4 Å². The molecular formula is C28H62O7Si4. The number of hydrogen-bond acceptors (Lipinski definition) is 7. The minimum absolute atomic E-state index is 0.588. The van der Waals surface area contributed by atoms with Gasteiger partial charge in [0.2, 0.25) is 0 Å². The average Bonchev–Trinajstić information content (AvgIpc) is 2.87. The third kappa shape index (κ3) is 13.2. The highest BCUT2D eigenvalue weighted by Crippen LogP contribution is 2.35. The van der Waals surface area contributed by atoms with Crippen LogP contribution in [0.5, 0.6) is 0 Å². The van der Waals surface area contributed by atoms with Crippen LogP contribution in [0.4, 0.5) is 0 Å². The van der Waals surface area contributed by atoms with E-state index in [1.165, 1.54) is 64.2 Å². The van der Waals surface area contributed by atoms with E-state index >= 15 is 0 Å². The van der Waals surface area contributed by atoms with Crippen molar-refractivity contribution in [1.82, 2.24) is 0 Å². The summed E-state index contributed by atoms with van der Waals surface area (Å²) in [6.07, 6.45) is 15.6. The molecule has 0 aliphatic heterocycles. The molecule has 0 amide bonds. The van der Waals surface area contributed by atoms with Gasteiger partial charge < -0.3 is 30.0 Å². The molecule has 0 aromatic carbocycles. The zero-order chi connectivity index (χ0) is 28.8. The molecule has 0 atom stereocenters. The summed E-state index contributed by atoms with van der Waals surface area (Å²) in [5, 5.41) is 0. The Morgan fingerprint density at radius 2 is 0.769 bits per heavy atom. The molecule has 11 heteroatoms. The molecule has 2 saturated carbocycles. The van der Waals surface area contributed by atoms with Gasteiger partial charge in [-0.15, -0.1) is 0 Å². The van der Waals surface area contributed by atoms with Crippen LogP contribution in [0.3, 0.4) is 0 Å². The van der Waals surface area contributed by atoms with Crippen molar-refractivity contribution in [3.63, 3.8) is 0 Å². The second-order valence-electron chi connectivity index (χ2n) is 12.3. The van der Waals surface area contributed by atoms with Gasteiger partial charge in [0.1, 0.15) is 0 Å². The third-order valence-electron chi connectivity index (χ3n) is 7.92. The van der Waals surface area contributed by atoms with Gasteiger partial charge in [-0.25, -0.2) is 0 Å². The molecule has 232 valence electrons. The monoisotopic (exact) mass is 622 g/mol. The summed E-state index contributed by atoms with van der Waals surface area (Å²) in [4.78, 5) is 0. The maximum atomic E-state index is 6.92. The fraction of sp³-hybridized carbons (Fsp3) is 1.00. The van der Waals surface area contributed by atoms with Crippen LogP contribution in [-0.4, -0.2) is 61.2 Å². The Morgan fingerprint density at radius 3 is 1.05 bits per heavy atom. The van der Waals surface area contributed by atoms with Crippen molar-refractivity contribution in [1.29, 1.82) is 0 Å². The number of hydrogen-bond donors (Lipinski definition) is 0. The van der Waals surface area contributed by atoms with Crippen molar-refractivity contribution in [3.8, 4) is 0 Å². The Labute approximate surface area is 245 Å². The molecule has 2 fully saturated rings. The lowest BCUT2D eigenvalue weighted by Crippen LogP contribution is -2.61.